The molecule has 4 unspecified atom stereocenters. The van der Waals surface area contributed by atoms with Crippen LogP contribution >= 0.6 is 23.2 Å². The lowest BCUT2D eigenvalue weighted by Crippen LogP contribution is -2.52. The number of halogens is 6. The molecule has 5 N–H and O–H groups in total. The molecule has 1 aliphatic heterocycles. The molecule has 0 radical (unpaired) electrons. The molecule has 0 bridgehead atoms. The van der Waals surface area contributed by atoms with Crippen LogP contribution < -0.4 is 37.9 Å². The average Bonchev–Trinajstić information content (AvgIpc) is 0.777. The number of carbonyl (C=O) groups is 9. The number of ketones is 3. The SMILES string of the molecule is CC(=O)C[C@H](NC(=O)C(CC(C)C)N1CCCCC1=O)c1cncc(-c2c(C)cccc2C(F)(F)F)c1.CC(=O)C[C@H](NC(=O)C(CC(C)C)n1ccc(C)cc1=O)c1cncc(-c2c(C)cccc2F)c1.CC(=O)C[C@H](NC(=O)C(CC(C)C)n1ccc(C)cc1=O)c1cncc(-c2ccccc2C#N)c1.Cc1ccn(C(CC(C)C)C(=O)N[C@@H](CC(=O)O)c2cncc(-c3c(Cl)cccc3Cl)c2)c(=O)c1. The molecule has 4 aromatic carbocycles. The standard InChI is InChI=1S/C28H34F3N3O3.C28H32FN3O3.C28H30N4O3.C26H27Cl2N3O4/c1-17(2)12-24(34-11-6-5-10-25(34)36)27(37)33-23(13-19(4)35)20-14-21(16-32-15-20)26-18(3)8-7-9-22(26)28(29,30)31;1-17(2)11-25(32-10-9-18(3)12-26(32)34)28(35)31-24(13-20(5)33)21-14-22(16-30-15-21)27-19(4)7-6-8-23(27)29;1-18(2)11-26(32-10-9-19(3)12-27(32)34)28(35)31-25(13-20(4)33)23-14-22(16-30-17-23)24-8-6-5-7-21(24)15-29;1-15(2)9-22(31-8-7-16(3)10-23(31)32)26(35)30-21(12-24(33)34)17-11-18(14-29-13-17)25-19(27)5-4-6-20(25)28/h7-9,14-17,23-24H,5-6,10-13H2,1-4H3,(H,33,37);6-10,12,14-17,24-25H,11,13H2,1-5H3,(H,31,35);5-10,12,14,16-18,25-26H,11,13H2,1-4H3,(H,31,35);4-8,10-11,13-15,21-22H,9,12H2,1-3H3,(H,30,35)(H,33,34)/t23-,24?;24-,25?;25-,26?;21-,22?/m0000/s1. The predicted molar refractivity (Wildman–Crippen MR) is 540 cm³/mol. The number of aryl methyl sites for hydroxylation is 5. The van der Waals surface area contributed by atoms with Crippen molar-refractivity contribution in [2.75, 3.05) is 6.54 Å². The van der Waals surface area contributed by atoms with E-state index in [4.69, 9.17) is 23.2 Å². The van der Waals surface area contributed by atoms with E-state index in [1.807, 2.05) is 100 Å². The van der Waals surface area contributed by atoms with E-state index in [2.05, 4.69) is 47.3 Å². The van der Waals surface area contributed by atoms with Gasteiger partial charge in [0.25, 0.3) is 16.7 Å². The highest BCUT2D eigenvalue weighted by Gasteiger charge is 2.38. The zero-order valence-corrected chi connectivity index (χ0v) is 84.2. The zero-order valence-electron chi connectivity index (χ0n) is 82.7. The van der Waals surface area contributed by atoms with Crippen LogP contribution in [0.1, 0.15) is 250 Å². The van der Waals surface area contributed by atoms with Gasteiger partial charge in [-0.05, 0) is 246 Å². The molecule has 32 heteroatoms. The van der Waals surface area contributed by atoms with Gasteiger partial charge in [-0.15, -0.1) is 0 Å². The van der Waals surface area contributed by atoms with Gasteiger partial charge in [0.1, 0.15) is 47.3 Å². The van der Waals surface area contributed by atoms with Crippen LogP contribution in [0, 0.1) is 75.4 Å². The van der Waals surface area contributed by atoms with Crippen molar-refractivity contribution in [3.05, 3.63) is 316 Å². The van der Waals surface area contributed by atoms with E-state index in [0.29, 0.717) is 104 Å². The van der Waals surface area contributed by atoms with E-state index in [1.165, 1.54) is 83.4 Å². The van der Waals surface area contributed by atoms with Gasteiger partial charge >= 0.3 is 12.1 Å². The summed E-state index contributed by atoms with van der Waals surface area (Å²) in [7, 11) is 0. The molecule has 1 saturated heterocycles. The molecule has 8 heterocycles. The van der Waals surface area contributed by atoms with E-state index >= 15 is 0 Å². The number of alkyl halides is 3. The average molecular weight is 1980 g/mol. The quantitative estimate of drug-likeness (QED) is 0.0228. The number of aliphatic carboxylic acids is 1. The number of carbonyl (C=O) groups excluding carboxylic acids is 8. The molecule has 12 rings (SSSR count). The number of carboxylic acids is 1. The number of piperidine rings is 1. The van der Waals surface area contributed by atoms with Crippen molar-refractivity contribution in [3.8, 4) is 50.6 Å². The molecular formula is C110H123Cl2F4N13O13. The number of benzene rings is 4. The van der Waals surface area contributed by atoms with Crippen LogP contribution in [0.5, 0.6) is 0 Å². The van der Waals surface area contributed by atoms with Crippen molar-refractivity contribution in [3.63, 3.8) is 0 Å². The van der Waals surface area contributed by atoms with Crippen LogP contribution in [0.2, 0.25) is 10.0 Å². The molecule has 26 nitrogen and oxygen atoms in total. The Hall–Kier alpha value is -14.1. The number of likely N-dealkylation sites (tertiary alicyclic amines) is 1. The molecule has 0 saturated carbocycles. The first-order valence-electron chi connectivity index (χ1n) is 47.1. The molecule has 8 atom stereocenters. The molecule has 1 fully saturated rings. The third kappa shape index (κ3) is 31.7. The highest BCUT2D eigenvalue weighted by molar-refractivity contribution is 6.39. The number of Topliss-reactive ketones (excluding diaryl/α,β-unsaturated/α-hetero) is 3. The highest BCUT2D eigenvalue weighted by atomic mass is 35.5. The van der Waals surface area contributed by atoms with E-state index in [9.17, 15) is 85.5 Å². The van der Waals surface area contributed by atoms with Crippen LogP contribution in [-0.4, -0.2) is 109 Å². The number of nitrogens with one attached hydrogen (secondary N) is 4. The van der Waals surface area contributed by atoms with Gasteiger partial charge in [0.05, 0.1) is 47.8 Å². The molecule has 11 aromatic rings. The van der Waals surface area contributed by atoms with Gasteiger partial charge in [0.15, 0.2) is 0 Å². The number of hydrogen-bond donors (Lipinski definition) is 5. The Morgan fingerprint density at radius 2 is 0.775 bits per heavy atom. The molecule has 5 amide bonds. The van der Waals surface area contributed by atoms with Crippen molar-refractivity contribution in [1.82, 2.24) is 59.8 Å². The van der Waals surface area contributed by atoms with Crippen molar-refractivity contribution in [2.45, 2.75) is 236 Å². The topological polar surface area (TPSA) is 367 Å². The van der Waals surface area contributed by atoms with E-state index in [1.54, 1.807) is 147 Å². The Kier molecular flexibility index (Phi) is 40.8. The fourth-order valence-corrected chi connectivity index (χ4v) is 17.7. The third-order valence-electron chi connectivity index (χ3n) is 23.8. The summed E-state index contributed by atoms with van der Waals surface area (Å²) in [5, 5.41) is 31.6. The Morgan fingerprint density at radius 1 is 0.430 bits per heavy atom. The number of nitriles is 1. The normalized spacial score (nSPS) is 13.6. The molecule has 748 valence electrons. The van der Waals surface area contributed by atoms with Gasteiger partial charge in [-0.2, -0.15) is 18.4 Å². The van der Waals surface area contributed by atoms with Crippen LogP contribution in [0.15, 0.2) is 222 Å². The summed E-state index contributed by atoms with van der Waals surface area (Å²) >= 11 is 12.7. The lowest BCUT2D eigenvalue weighted by Gasteiger charge is -2.35. The first kappa shape index (κ1) is 112. The Balaban J connectivity index is 0.000000211. The van der Waals surface area contributed by atoms with Gasteiger partial charge in [0, 0.05) is 168 Å². The van der Waals surface area contributed by atoms with Crippen LogP contribution in [0.4, 0.5) is 17.6 Å². The number of nitrogens with zero attached hydrogens (tertiary/aromatic N) is 9. The molecular weight excluding hydrogens is 1860 g/mol. The van der Waals surface area contributed by atoms with Gasteiger partial charge in [-0.3, -0.25) is 77.5 Å². The lowest BCUT2D eigenvalue weighted by molar-refractivity contribution is -0.143. The van der Waals surface area contributed by atoms with Gasteiger partial charge in [-0.25, -0.2) is 4.39 Å². The minimum absolute atomic E-state index is 0.00819. The van der Waals surface area contributed by atoms with Crippen molar-refractivity contribution < 1.29 is 65.8 Å². The first-order valence-corrected chi connectivity index (χ1v) is 47.9. The minimum atomic E-state index is -4.56. The monoisotopic (exact) mass is 1980 g/mol. The summed E-state index contributed by atoms with van der Waals surface area (Å²) in [5.41, 5.74) is 8.55. The Bertz CT molecular complexity index is 6370. The first-order chi connectivity index (χ1) is 67.2. The van der Waals surface area contributed by atoms with Crippen molar-refractivity contribution in [2.24, 2.45) is 23.7 Å². The number of carboxylic acid groups (broad SMARTS) is 1. The van der Waals surface area contributed by atoms with Crippen molar-refractivity contribution in [1.29, 1.82) is 5.26 Å². The summed E-state index contributed by atoms with van der Waals surface area (Å²) < 4.78 is 60.2. The third-order valence-corrected chi connectivity index (χ3v) is 24.4. The summed E-state index contributed by atoms with van der Waals surface area (Å²) in [4.78, 5) is 171. The molecule has 142 heavy (non-hydrogen) atoms. The smallest absolute Gasteiger partial charge is 0.417 e. The van der Waals surface area contributed by atoms with Crippen LogP contribution in [0.25, 0.3) is 44.5 Å². The molecule has 0 aliphatic carbocycles. The second-order valence-electron chi connectivity index (χ2n) is 37.7. The number of amides is 5. The van der Waals surface area contributed by atoms with E-state index in [-0.39, 0.29) is 124 Å². The fraction of sp³-hybridized carbons (Fsp3) is 0.373. The second kappa shape index (κ2) is 51.9. The van der Waals surface area contributed by atoms with Crippen LogP contribution in [0.3, 0.4) is 0 Å². The van der Waals surface area contributed by atoms with Crippen LogP contribution in [-0.2, 0) is 49.3 Å². The van der Waals surface area contributed by atoms with Gasteiger partial charge in [-0.1, -0.05) is 127 Å². The van der Waals surface area contributed by atoms with Gasteiger partial charge in [0.2, 0.25) is 29.5 Å². The second-order valence-corrected chi connectivity index (χ2v) is 38.6. The Labute approximate surface area is 834 Å². The van der Waals surface area contributed by atoms with Crippen molar-refractivity contribution >= 4 is 76.1 Å². The maximum absolute atomic E-state index is 14.6. The minimum Gasteiger partial charge on any atom is -0.481 e. The fourth-order valence-electron chi connectivity index (χ4n) is 17.1. The lowest BCUT2D eigenvalue weighted by atomic mass is 9.93. The number of hydrogen-bond acceptors (Lipinski definition) is 17. The highest BCUT2D eigenvalue weighted by Crippen LogP contribution is 2.41. The van der Waals surface area contributed by atoms with E-state index in [0.717, 1.165) is 52.3 Å². The summed E-state index contributed by atoms with van der Waals surface area (Å²) in [6.07, 6.45) is 16.1. The van der Waals surface area contributed by atoms with Gasteiger partial charge < -0.3 is 45.0 Å². The Morgan fingerprint density at radius 3 is 1.14 bits per heavy atom. The predicted octanol–water partition coefficient (Wildman–Crippen LogP) is 20.7. The summed E-state index contributed by atoms with van der Waals surface area (Å²) in [5.74, 6) is -2.88. The maximum Gasteiger partial charge on any atom is 0.417 e. The zero-order chi connectivity index (χ0) is 104. The molecule has 7 aromatic heterocycles. The number of aromatic nitrogens is 7. The molecule has 0 spiro atoms. The number of pyridine rings is 7. The molecule has 1 aliphatic rings. The largest absolute Gasteiger partial charge is 0.481 e. The summed E-state index contributed by atoms with van der Waals surface area (Å²) in [6.45, 7) is 29.5. The maximum atomic E-state index is 14.6. The van der Waals surface area contributed by atoms with E-state index < -0.39 is 72.0 Å². The number of rotatable bonds is 36. The summed E-state index contributed by atoms with van der Waals surface area (Å²) in [6, 6.07) is 34.1.